The van der Waals surface area contributed by atoms with Crippen molar-refractivity contribution in [1.29, 1.82) is 0 Å². The molecular formula is C12H15N3O2. The van der Waals surface area contributed by atoms with Crippen LogP contribution in [0, 0.1) is 0 Å². The molecule has 0 aliphatic heterocycles. The zero-order valence-corrected chi connectivity index (χ0v) is 9.63. The maximum Gasteiger partial charge on any atom is 0.233 e. The van der Waals surface area contributed by atoms with Gasteiger partial charge >= 0.3 is 0 Å². The molecule has 0 fully saturated rings. The maximum atomic E-state index is 9.21. The minimum absolute atomic E-state index is 0.0497. The maximum absolute atomic E-state index is 9.21. The summed E-state index contributed by atoms with van der Waals surface area (Å²) in [5.74, 6) is 0.541. The van der Waals surface area contributed by atoms with Crippen LogP contribution in [0.2, 0.25) is 0 Å². The molecule has 0 bridgehead atoms. The number of nitrogens with zero attached hydrogens (tertiary/aromatic N) is 2. The van der Waals surface area contributed by atoms with E-state index in [9.17, 15) is 5.11 Å². The van der Waals surface area contributed by atoms with Crippen LogP contribution in [0.1, 0.15) is 11.1 Å². The zero-order chi connectivity index (χ0) is 12.3. The number of nitrogens with two attached hydrogens (primary N) is 1. The van der Waals surface area contributed by atoms with Crippen molar-refractivity contribution in [3.05, 3.63) is 41.6 Å². The van der Waals surface area contributed by atoms with E-state index in [1.807, 2.05) is 19.2 Å². The summed E-state index contributed by atoms with van der Waals surface area (Å²) in [5, 5.41) is 13.3. The molecule has 5 heteroatoms. The van der Waals surface area contributed by atoms with Gasteiger partial charge in [-0.1, -0.05) is 12.1 Å². The molecule has 0 saturated heterocycles. The summed E-state index contributed by atoms with van der Waals surface area (Å²) in [7, 11) is 1.82. The number of aromatic nitrogens is 2. The Bertz CT molecular complexity index is 508. The Morgan fingerprint density at radius 2 is 2.24 bits per heavy atom. The van der Waals surface area contributed by atoms with Crippen molar-refractivity contribution >= 4 is 5.69 Å². The zero-order valence-electron chi connectivity index (χ0n) is 9.63. The molecule has 2 rings (SSSR count). The summed E-state index contributed by atoms with van der Waals surface area (Å²) in [4.78, 5) is 0. The fourth-order valence-electron chi connectivity index (χ4n) is 1.60. The molecule has 0 aliphatic carbocycles. The monoisotopic (exact) mass is 233 g/mol. The summed E-state index contributed by atoms with van der Waals surface area (Å²) in [6.07, 6.45) is 1.80. The molecular weight excluding hydrogens is 218 g/mol. The molecule has 90 valence electrons. The van der Waals surface area contributed by atoms with Gasteiger partial charge < -0.3 is 15.6 Å². The normalized spacial score (nSPS) is 10.5. The second kappa shape index (κ2) is 4.88. The van der Waals surface area contributed by atoms with Gasteiger partial charge in [0, 0.05) is 30.6 Å². The van der Waals surface area contributed by atoms with Crippen LogP contribution in [0.15, 0.2) is 30.5 Å². The van der Waals surface area contributed by atoms with Gasteiger partial charge in [-0.25, -0.2) is 0 Å². The highest BCUT2D eigenvalue weighted by Crippen LogP contribution is 2.19. The summed E-state index contributed by atoms with van der Waals surface area (Å²) < 4.78 is 7.18. The first kappa shape index (κ1) is 11.5. The molecule has 17 heavy (non-hydrogen) atoms. The van der Waals surface area contributed by atoms with E-state index >= 15 is 0 Å². The van der Waals surface area contributed by atoms with Crippen LogP contribution in [-0.2, 0) is 20.3 Å². The first-order valence-electron chi connectivity index (χ1n) is 5.30. The largest absolute Gasteiger partial charge is 0.472 e. The Labute approximate surface area is 99.4 Å². The molecule has 3 N–H and O–H groups in total. The smallest absolute Gasteiger partial charge is 0.233 e. The first-order valence-corrected chi connectivity index (χ1v) is 5.30. The Morgan fingerprint density at radius 3 is 2.88 bits per heavy atom. The van der Waals surface area contributed by atoms with Gasteiger partial charge in [-0.05, 0) is 11.6 Å². The van der Waals surface area contributed by atoms with Gasteiger partial charge in [0.25, 0.3) is 0 Å². The molecule has 0 atom stereocenters. The summed E-state index contributed by atoms with van der Waals surface area (Å²) in [6, 6.07) is 7.20. The van der Waals surface area contributed by atoms with E-state index in [1.54, 1.807) is 23.0 Å². The third-order valence-electron chi connectivity index (χ3n) is 2.53. The van der Waals surface area contributed by atoms with E-state index in [2.05, 4.69) is 5.10 Å². The van der Waals surface area contributed by atoms with Crippen LogP contribution in [0.25, 0.3) is 0 Å². The molecule has 1 aromatic carbocycles. The molecule has 0 aliphatic rings. The second-order valence-electron chi connectivity index (χ2n) is 3.76. The van der Waals surface area contributed by atoms with Gasteiger partial charge in [-0.3, -0.25) is 4.68 Å². The van der Waals surface area contributed by atoms with E-state index in [1.165, 1.54) is 0 Å². The predicted octanol–water partition coefficient (Wildman–Crippen LogP) is 1.07. The minimum atomic E-state index is -0.0497. The number of nitrogen functional groups attached to an aromatic ring is 1. The number of anilines is 1. The third-order valence-corrected chi connectivity index (χ3v) is 2.53. The van der Waals surface area contributed by atoms with Crippen molar-refractivity contribution in [2.24, 2.45) is 7.05 Å². The number of hydrogen-bond acceptors (Lipinski definition) is 4. The number of ether oxygens (including phenoxy) is 1. The molecule has 0 amide bonds. The van der Waals surface area contributed by atoms with E-state index in [-0.39, 0.29) is 6.61 Å². The van der Waals surface area contributed by atoms with Crippen LogP contribution in [-0.4, -0.2) is 14.9 Å². The van der Waals surface area contributed by atoms with Crippen molar-refractivity contribution in [2.75, 3.05) is 5.73 Å². The molecule has 0 spiro atoms. The van der Waals surface area contributed by atoms with Crippen molar-refractivity contribution in [3.63, 3.8) is 0 Å². The third kappa shape index (κ3) is 2.57. The average molecular weight is 233 g/mol. The van der Waals surface area contributed by atoms with Crippen LogP contribution in [0.3, 0.4) is 0 Å². The van der Waals surface area contributed by atoms with Crippen LogP contribution >= 0.6 is 0 Å². The number of aliphatic hydroxyl groups excluding tert-OH is 1. The van der Waals surface area contributed by atoms with E-state index in [0.29, 0.717) is 18.2 Å². The van der Waals surface area contributed by atoms with Crippen molar-refractivity contribution in [3.8, 4) is 5.88 Å². The van der Waals surface area contributed by atoms with Crippen LogP contribution < -0.4 is 10.5 Å². The summed E-state index contributed by atoms with van der Waals surface area (Å²) >= 11 is 0. The van der Waals surface area contributed by atoms with Crippen LogP contribution in [0.5, 0.6) is 5.88 Å². The van der Waals surface area contributed by atoms with E-state index in [0.717, 1.165) is 11.1 Å². The number of benzene rings is 1. The molecule has 0 radical (unpaired) electrons. The Kier molecular flexibility index (Phi) is 3.30. The lowest BCUT2D eigenvalue weighted by atomic mass is 10.1. The Morgan fingerprint density at radius 1 is 1.41 bits per heavy atom. The molecule has 0 unspecified atom stereocenters. The van der Waals surface area contributed by atoms with Gasteiger partial charge in [0.1, 0.15) is 6.61 Å². The highest BCUT2D eigenvalue weighted by atomic mass is 16.5. The molecule has 2 aromatic rings. The van der Waals surface area contributed by atoms with Gasteiger partial charge in [0.15, 0.2) is 0 Å². The lowest BCUT2D eigenvalue weighted by Crippen LogP contribution is -2.05. The number of rotatable bonds is 4. The Hall–Kier alpha value is -2.01. The van der Waals surface area contributed by atoms with Crippen molar-refractivity contribution in [1.82, 2.24) is 9.78 Å². The quantitative estimate of drug-likeness (QED) is 0.775. The highest BCUT2D eigenvalue weighted by molar-refractivity contribution is 5.50. The summed E-state index contributed by atoms with van der Waals surface area (Å²) in [6.45, 7) is 0.255. The molecule has 1 aromatic heterocycles. The fourth-order valence-corrected chi connectivity index (χ4v) is 1.60. The molecule has 5 nitrogen and oxygen atoms in total. The topological polar surface area (TPSA) is 73.3 Å². The standard InChI is InChI=1S/C12H15N3O2/c1-15-6-5-12(14-15)17-8-10-9(7-16)3-2-4-11(10)13/h2-6,16H,7-8,13H2,1H3. The second-order valence-corrected chi connectivity index (χ2v) is 3.76. The van der Waals surface area contributed by atoms with E-state index < -0.39 is 0 Å². The average Bonchev–Trinajstić information content (AvgIpc) is 2.73. The number of aliphatic hydroxyl groups is 1. The van der Waals surface area contributed by atoms with Crippen molar-refractivity contribution in [2.45, 2.75) is 13.2 Å². The molecule has 1 heterocycles. The summed E-state index contributed by atoms with van der Waals surface area (Å²) in [5.41, 5.74) is 8.05. The number of hydrogen-bond donors (Lipinski definition) is 2. The lowest BCUT2D eigenvalue weighted by Gasteiger charge is -2.10. The van der Waals surface area contributed by atoms with Gasteiger partial charge in [0.05, 0.1) is 6.61 Å². The number of aryl methyl sites for hydroxylation is 1. The highest BCUT2D eigenvalue weighted by Gasteiger charge is 2.07. The lowest BCUT2D eigenvalue weighted by molar-refractivity contribution is 0.265. The van der Waals surface area contributed by atoms with Gasteiger partial charge in [0.2, 0.25) is 5.88 Å². The van der Waals surface area contributed by atoms with Gasteiger partial charge in [-0.2, -0.15) is 0 Å². The fraction of sp³-hybridized carbons (Fsp3) is 0.250. The molecule has 0 saturated carbocycles. The first-order chi connectivity index (χ1) is 8.20. The Balaban J connectivity index is 2.13. The van der Waals surface area contributed by atoms with Gasteiger partial charge in [-0.15, -0.1) is 5.10 Å². The van der Waals surface area contributed by atoms with Crippen molar-refractivity contribution < 1.29 is 9.84 Å². The predicted molar refractivity (Wildman–Crippen MR) is 64.3 cm³/mol. The van der Waals surface area contributed by atoms with Crippen LogP contribution in [0.4, 0.5) is 5.69 Å². The SMILES string of the molecule is Cn1ccc(OCc2c(N)cccc2CO)n1. The minimum Gasteiger partial charge on any atom is -0.472 e. The van der Waals surface area contributed by atoms with E-state index in [4.69, 9.17) is 10.5 Å².